The number of nitrogens with one attached hydrogen (secondary N) is 1. The van der Waals surface area contributed by atoms with Gasteiger partial charge < -0.3 is 11.1 Å². The van der Waals surface area contributed by atoms with Gasteiger partial charge in [-0.2, -0.15) is 11.8 Å². The molecule has 0 aromatic heterocycles. The first-order chi connectivity index (χ1) is 7.10. The van der Waals surface area contributed by atoms with Gasteiger partial charge in [0.15, 0.2) is 0 Å². The maximum atomic E-state index is 11.0. The van der Waals surface area contributed by atoms with E-state index >= 15 is 0 Å². The average Bonchev–Trinajstić information content (AvgIpc) is 2.46. The van der Waals surface area contributed by atoms with E-state index in [-0.39, 0.29) is 5.91 Å². The van der Waals surface area contributed by atoms with Crippen LogP contribution >= 0.6 is 11.8 Å². The van der Waals surface area contributed by atoms with Crippen molar-refractivity contribution in [2.45, 2.75) is 55.9 Å². The van der Waals surface area contributed by atoms with Crippen LogP contribution in [0.15, 0.2) is 0 Å². The molecule has 4 heteroatoms. The Balaban J connectivity index is 1.94. The second-order valence-corrected chi connectivity index (χ2v) is 6.44. The maximum Gasteiger partial charge on any atom is 0.217 e. The van der Waals surface area contributed by atoms with Crippen LogP contribution in [-0.4, -0.2) is 28.5 Å². The van der Waals surface area contributed by atoms with E-state index in [1.54, 1.807) is 6.92 Å². The summed E-state index contributed by atoms with van der Waals surface area (Å²) in [6.07, 6.45) is 5.89. The van der Waals surface area contributed by atoms with E-state index < -0.39 is 0 Å². The molecule has 1 amide bonds. The van der Waals surface area contributed by atoms with Gasteiger partial charge in [0, 0.05) is 29.5 Å². The Labute approximate surface area is 95.6 Å². The van der Waals surface area contributed by atoms with E-state index in [0.717, 1.165) is 25.0 Å². The highest BCUT2D eigenvalue weighted by Gasteiger charge is 2.42. The minimum Gasteiger partial charge on any atom is -0.354 e. The second-order valence-electron chi connectivity index (χ2n) is 4.95. The van der Waals surface area contributed by atoms with Crippen LogP contribution in [0, 0.1) is 0 Å². The van der Waals surface area contributed by atoms with Crippen molar-refractivity contribution in [2.24, 2.45) is 5.73 Å². The molecule has 3 unspecified atom stereocenters. The van der Waals surface area contributed by atoms with Crippen molar-refractivity contribution in [3.8, 4) is 0 Å². The van der Waals surface area contributed by atoms with Gasteiger partial charge in [-0.1, -0.05) is 6.42 Å². The van der Waals surface area contributed by atoms with E-state index in [0.29, 0.717) is 16.8 Å². The Morgan fingerprint density at radius 3 is 2.93 bits per heavy atom. The quantitative estimate of drug-likeness (QED) is 0.710. The van der Waals surface area contributed by atoms with Crippen LogP contribution in [-0.2, 0) is 4.79 Å². The summed E-state index contributed by atoms with van der Waals surface area (Å²) < 4.78 is 0.380. The molecule has 3 atom stereocenters. The molecule has 0 radical (unpaired) electrons. The first kappa shape index (κ1) is 11.3. The van der Waals surface area contributed by atoms with Gasteiger partial charge in [-0.3, -0.25) is 4.79 Å². The molecule has 1 aliphatic heterocycles. The van der Waals surface area contributed by atoms with Crippen LogP contribution in [0.5, 0.6) is 0 Å². The van der Waals surface area contributed by atoms with Crippen molar-refractivity contribution in [1.82, 2.24) is 5.32 Å². The Bertz CT molecular complexity index is 255. The maximum absolute atomic E-state index is 11.0. The van der Waals surface area contributed by atoms with Crippen molar-refractivity contribution >= 4 is 17.7 Å². The number of thioether (sulfide) groups is 1. The molecule has 1 aliphatic carbocycles. The standard InChI is InChI=1S/C11H20N2OS/c1-8(14)13-10-3-2-4-11(6-10)5-9(12)7-15-11/h9-10H,2-7,12H2,1H3,(H,13,14). The highest BCUT2D eigenvalue weighted by atomic mass is 32.2. The molecular formula is C11H20N2OS. The van der Waals surface area contributed by atoms with Gasteiger partial charge >= 0.3 is 0 Å². The van der Waals surface area contributed by atoms with Crippen LogP contribution < -0.4 is 11.1 Å². The lowest BCUT2D eigenvalue weighted by atomic mass is 9.81. The van der Waals surface area contributed by atoms with Gasteiger partial charge in [-0.15, -0.1) is 0 Å². The highest BCUT2D eigenvalue weighted by molar-refractivity contribution is 8.01. The third kappa shape index (κ3) is 2.67. The number of carbonyl (C=O) groups excluding carboxylic acids is 1. The zero-order valence-corrected chi connectivity index (χ0v) is 10.1. The molecule has 2 rings (SSSR count). The third-order valence-corrected chi connectivity index (χ3v) is 5.19. The Hall–Kier alpha value is -0.220. The molecule has 15 heavy (non-hydrogen) atoms. The van der Waals surface area contributed by atoms with Crippen LogP contribution in [0.4, 0.5) is 0 Å². The lowest BCUT2D eigenvalue weighted by Gasteiger charge is -2.37. The van der Waals surface area contributed by atoms with Gasteiger partial charge in [0.05, 0.1) is 0 Å². The zero-order chi connectivity index (χ0) is 10.9. The summed E-state index contributed by atoms with van der Waals surface area (Å²) >= 11 is 2.03. The summed E-state index contributed by atoms with van der Waals surface area (Å²) in [5.41, 5.74) is 5.98. The number of hydrogen-bond donors (Lipinski definition) is 2. The van der Waals surface area contributed by atoms with Gasteiger partial charge in [-0.05, 0) is 25.7 Å². The topological polar surface area (TPSA) is 55.1 Å². The molecule has 3 nitrogen and oxygen atoms in total. The third-order valence-electron chi connectivity index (χ3n) is 3.45. The summed E-state index contributed by atoms with van der Waals surface area (Å²) in [6, 6.07) is 0.750. The van der Waals surface area contributed by atoms with Gasteiger partial charge in [-0.25, -0.2) is 0 Å². The summed E-state index contributed by atoms with van der Waals surface area (Å²) in [5, 5.41) is 3.05. The fourth-order valence-electron chi connectivity index (χ4n) is 2.93. The molecule has 1 saturated heterocycles. The molecule has 1 saturated carbocycles. The number of carbonyl (C=O) groups is 1. The molecule has 0 bridgehead atoms. The largest absolute Gasteiger partial charge is 0.354 e. The lowest BCUT2D eigenvalue weighted by Crippen LogP contribution is -2.43. The van der Waals surface area contributed by atoms with Crippen LogP contribution in [0.25, 0.3) is 0 Å². The second kappa shape index (κ2) is 4.34. The summed E-state index contributed by atoms with van der Waals surface area (Å²) in [6.45, 7) is 1.61. The van der Waals surface area contributed by atoms with Gasteiger partial charge in [0.2, 0.25) is 5.91 Å². The van der Waals surface area contributed by atoms with Crippen LogP contribution in [0.3, 0.4) is 0 Å². The molecule has 2 aliphatic rings. The molecule has 1 heterocycles. The first-order valence-electron chi connectivity index (χ1n) is 5.76. The fraction of sp³-hybridized carbons (Fsp3) is 0.909. The van der Waals surface area contributed by atoms with E-state index in [9.17, 15) is 4.79 Å². The molecule has 1 spiro atoms. The number of rotatable bonds is 1. The SMILES string of the molecule is CC(=O)NC1CCCC2(CC(N)CS2)C1. The van der Waals surface area contributed by atoms with Gasteiger partial charge in [0.25, 0.3) is 0 Å². The minimum absolute atomic E-state index is 0.101. The van der Waals surface area contributed by atoms with Crippen molar-refractivity contribution < 1.29 is 4.79 Å². The fourth-order valence-corrected chi connectivity index (χ4v) is 4.56. The minimum atomic E-state index is 0.101. The number of amides is 1. The van der Waals surface area contributed by atoms with E-state index in [1.165, 1.54) is 12.8 Å². The molecule has 0 aromatic carbocycles. The Morgan fingerprint density at radius 2 is 2.33 bits per heavy atom. The lowest BCUT2D eigenvalue weighted by molar-refractivity contribution is -0.119. The van der Waals surface area contributed by atoms with E-state index in [2.05, 4.69) is 5.32 Å². The van der Waals surface area contributed by atoms with Crippen molar-refractivity contribution in [3.05, 3.63) is 0 Å². The molecule has 0 aromatic rings. The van der Waals surface area contributed by atoms with Crippen LogP contribution in [0.1, 0.15) is 39.0 Å². The zero-order valence-electron chi connectivity index (χ0n) is 9.29. The molecule has 86 valence electrons. The Morgan fingerprint density at radius 1 is 1.53 bits per heavy atom. The smallest absolute Gasteiger partial charge is 0.217 e. The van der Waals surface area contributed by atoms with Crippen molar-refractivity contribution in [1.29, 1.82) is 0 Å². The van der Waals surface area contributed by atoms with Crippen molar-refractivity contribution in [3.63, 3.8) is 0 Å². The predicted octanol–water partition coefficient (Wildman–Crippen LogP) is 1.27. The first-order valence-corrected chi connectivity index (χ1v) is 6.75. The summed E-state index contributed by atoms with van der Waals surface area (Å²) in [5.74, 6) is 1.19. The normalized spacial score (nSPS) is 40.7. The van der Waals surface area contributed by atoms with E-state index in [1.807, 2.05) is 11.8 Å². The molecular weight excluding hydrogens is 208 g/mol. The monoisotopic (exact) mass is 228 g/mol. The summed E-state index contributed by atoms with van der Waals surface area (Å²) in [4.78, 5) is 11.0. The van der Waals surface area contributed by atoms with Crippen LogP contribution in [0.2, 0.25) is 0 Å². The predicted molar refractivity (Wildman–Crippen MR) is 63.9 cm³/mol. The Kier molecular flexibility index (Phi) is 3.26. The average molecular weight is 228 g/mol. The van der Waals surface area contributed by atoms with Crippen molar-refractivity contribution in [2.75, 3.05) is 5.75 Å². The summed E-state index contributed by atoms with van der Waals surface area (Å²) in [7, 11) is 0. The highest BCUT2D eigenvalue weighted by Crippen LogP contribution is 2.47. The van der Waals surface area contributed by atoms with Gasteiger partial charge in [0.1, 0.15) is 0 Å². The molecule has 2 fully saturated rings. The van der Waals surface area contributed by atoms with E-state index in [4.69, 9.17) is 5.73 Å². The number of nitrogens with two attached hydrogens (primary N) is 1. The molecule has 3 N–H and O–H groups in total. The number of hydrogen-bond acceptors (Lipinski definition) is 3.